The van der Waals surface area contributed by atoms with Gasteiger partial charge in [-0.15, -0.1) is 0 Å². The SMILES string of the molecule is Nc1cn[nH]c1C1C2CC3CC(C2)CC1C3. The first-order valence-corrected chi connectivity index (χ1v) is 6.60. The monoisotopic (exact) mass is 217 g/mol. The molecule has 0 saturated heterocycles. The highest BCUT2D eigenvalue weighted by molar-refractivity contribution is 5.43. The first-order valence-electron chi connectivity index (χ1n) is 6.60. The van der Waals surface area contributed by atoms with Gasteiger partial charge in [0.05, 0.1) is 17.6 Å². The second-order valence-electron chi connectivity index (χ2n) is 6.20. The van der Waals surface area contributed by atoms with Crippen molar-refractivity contribution in [1.29, 1.82) is 0 Å². The molecule has 4 fully saturated rings. The van der Waals surface area contributed by atoms with Crippen LogP contribution in [-0.4, -0.2) is 10.2 Å². The normalized spacial score (nSPS) is 45.1. The third-order valence-corrected chi connectivity index (χ3v) is 5.26. The maximum atomic E-state index is 6.03. The van der Waals surface area contributed by atoms with Gasteiger partial charge in [-0.05, 0) is 55.8 Å². The molecule has 1 heterocycles. The molecule has 0 unspecified atom stereocenters. The summed E-state index contributed by atoms with van der Waals surface area (Å²) in [6, 6.07) is 0. The topological polar surface area (TPSA) is 54.7 Å². The van der Waals surface area contributed by atoms with E-state index < -0.39 is 0 Å². The predicted molar refractivity (Wildman–Crippen MR) is 62.8 cm³/mol. The van der Waals surface area contributed by atoms with Crippen LogP contribution < -0.4 is 5.73 Å². The molecule has 1 aromatic rings. The van der Waals surface area contributed by atoms with Crippen molar-refractivity contribution in [3.05, 3.63) is 11.9 Å². The van der Waals surface area contributed by atoms with Gasteiger partial charge in [0, 0.05) is 5.92 Å². The van der Waals surface area contributed by atoms with Crippen molar-refractivity contribution in [3.8, 4) is 0 Å². The summed E-state index contributed by atoms with van der Waals surface area (Å²) in [5, 5.41) is 7.26. The van der Waals surface area contributed by atoms with Crippen LogP contribution in [0, 0.1) is 23.7 Å². The zero-order valence-corrected chi connectivity index (χ0v) is 9.52. The zero-order chi connectivity index (χ0) is 10.7. The summed E-state index contributed by atoms with van der Waals surface area (Å²) in [5.41, 5.74) is 8.16. The molecule has 4 aliphatic carbocycles. The van der Waals surface area contributed by atoms with Crippen LogP contribution in [0.25, 0.3) is 0 Å². The number of nitrogen functional groups attached to an aromatic ring is 1. The Labute approximate surface area is 95.8 Å². The van der Waals surface area contributed by atoms with E-state index in [-0.39, 0.29) is 0 Å². The highest BCUT2D eigenvalue weighted by Gasteiger charge is 2.49. The van der Waals surface area contributed by atoms with Gasteiger partial charge in [-0.1, -0.05) is 0 Å². The number of aromatic amines is 1. The lowest BCUT2D eigenvalue weighted by molar-refractivity contribution is -0.00393. The quantitative estimate of drug-likeness (QED) is 0.759. The number of nitrogens with one attached hydrogen (secondary N) is 1. The minimum absolute atomic E-state index is 0.690. The second-order valence-corrected chi connectivity index (χ2v) is 6.20. The predicted octanol–water partition coefficient (Wildman–Crippen LogP) is 2.53. The molecule has 1 aromatic heterocycles. The van der Waals surface area contributed by atoms with Gasteiger partial charge in [0.15, 0.2) is 0 Å². The maximum absolute atomic E-state index is 6.03. The van der Waals surface area contributed by atoms with E-state index in [1.165, 1.54) is 37.8 Å². The number of H-pyrrole nitrogens is 1. The molecule has 0 atom stereocenters. The molecule has 0 radical (unpaired) electrons. The maximum Gasteiger partial charge on any atom is 0.0733 e. The highest BCUT2D eigenvalue weighted by atomic mass is 15.1. The number of aromatic nitrogens is 2. The Kier molecular flexibility index (Phi) is 1.72. The molecule has 3 N–H and O–H groups in total. The van der Waals surface area contributed by atoms with E-state index in [1.54, 1.807) is 6.20 Å². The Morgan fingerprint density at radius 2 is 1.69 bits per heavy atom. The van der Waals surface area contributed by atoms with Crippen molar-refractivity contribution in [3.63, 3.8) is 0 Å². The summed E-state index contributed by atoms with van der Waals surface area (Å²) in [5.74, 6) is 4.53. The van der Waals surface area contributed by atoms with Gasteiger partial charge in [0.1, 0.15) is 0 Å². The van der Waals surface area contributed by atoms with E-state index in [1.807, 2.05) is 0 Å². The summed E-state index contributed by atoms with van der Waals surface area (Å²) < 4.78 is 0. The first-order chi connectivity index (χ1) is 7.81. The molecule has 0 amide bonds. The summed E-state index contributed by atoms with van der Waals surface area (Å²) in [7, 11) is 0. The number of nitrogens with zero attached hydrogens (tertiary/aromatic N) is 1. The fourth-order valence-corrected chi connectivity index (χ4v) is 4.97. The number of rotatable bonds is 1. The van der Waals surface area contributed by atoms with Crippen molar-refractivity contribution < 1.29 is 0 Å². The Balaban J connectivity index is 1.72. The van der Waals surface area contributed by atoms with E-state index >= 15 is 0 Å². The van der Waals surface area contributed by atoms with Crippen molar-refractivity contribution in [2.45, 2.75) is 38.0 Å². The van der Waals surface area contributed by atoms with Crippen LogP contribution in [0.5, 0.6) is 0 Å². The number of anilines is 1. The lowest BCUT2D eigenvalue weighted by atomic mass is 9.51. The van der Waals surface area contributed by atoms with Gasteiger partial charge in [0.2, 0.25) is 0 Å². The zero-order valence-electron chi connectivity index (χ0n) is 9.52. The Morgan fingerprint density at radius 1 is 1.06 bits per heavy atom. The number of nitrogens with two attached hydrogens (primary N) is 1. The van der Waals surface area contributed by atoms with Crippen LogP contribution >= 0.6 is 0 Å². The van der Waals surface area contributed by atoms with Crippen LogP contribution in [0.1, 0.15) is 43.7 Å². The van der Waals surface area contributed by atoms with E-state index in [9.17, 15) is 0 Å². The fraction of sp³-hybridized carbons (Fsp3) is 0.769. The lowest BCUT2D eigenvalue weighted by Crippen LogP contribution is -2.44. The molecule has 3 nitrogen and oxygen atoms in total. The van der Waals surface area contributed by atoms with Gasteiger partial charge in [0.25, 0.3) is 0 Å². The smallest absolute Gasteiger partial charge is 0.0733 e. The second kappa shape index (κ2) is 3.02. The van der Waals surface area contributed by atoms with Crippen LogP contribution in [0.2, 0.25) is 0 Å². The van der Waals surface area contributed by atoms with Crippen molar-refractivity contribution in [1.82, 2.24) is 10.2 Å². The largest absolute Gasteiger partial charge is 0.396 e. The van der Waals surface area contributed by atoms with Crippen molar-refractivity contribution in [2.75, 3.05) is 5.73 Å². The molecule has 0 spiro atoms. The fourth-order valence-electron chi connectivity index (χ4n) is 4.97. The number of hydrogen-bond donors (Lipinski definition) is 2. The molecular formula is C13H19N3. The summed E-state index contributed by atoms with van der Waals surface area (Å²) >= 11 is 0. The third kappa shape index (κ3) is 1.12. The minimum Gasteiger partial charge on any atom is -0.396 e. The van der Waals surface area contributed by atoms with E-state index in [0.29, 0.717) is 5.92 Å². The number of hydrogen-bond acceptors (Lipinski definition) is 2. The Hall–Kier alpha value is -0.990. The highest BCUT2D eigenvalue weighted by Crippen LogP contribution is 2.59. The molecule has 4 bridgehead atoms. The molecule has 86 valence electrons. The van der Waals surface area contributed by atoms with Crippen molar-refractivity contribution >= 4 is 5.69 Å². The van der Waals surface area contributed by atoms with Crippen LogP contribution in [0.15, 0.2) is 6.20 Å². The average Bonchev–Trinajstić information content (AvgIpc) is 2.63. The molecule has 3 heteroatoms. The molecule has 5 rings (SSSR count). The Morgan fingerprint density at radius 3 is 2.19 bits per heavy atom. The van der Waals surface area contributed by atoms with Crippen LogP contribution in [0.4, 0.5) is 5.69 Å². The van der Waals surface area contributed by atoms with Gasteiger partial charge in [-0.3, -0.25) is 5.10 Å². The lowest BCUT2D eigenvalue weighted by Gasteiger charge is -2.54. The average molecular weight is 217 g/mol. The van der Waals surface area contributed by atoms with E-state index in [2.05, 4.69) is 10.2 Å². The van der Waals surface area contributed by atoms with E-state index in [0.717, 1.165) is 29.4 Å². The van der Waals surface area contributed by atoms with Gasteiger partial charge < -0.3 is 5.73 Å². The molecule has 0 aliphatic heterocycles. The first kappa shape index (κ1) is 9.08. The molecular weight excluding hydrogens is 198 g/mol. The standard InChI is InChI=1S/C13H19N3/c14-11-6-15-16-13(11)12-9-2-7-1-8(4-9)5-10(12)3-7/h6-10,12H,1-5,14H2,(H,15,16). The Bertz CT molecular complexity index is 381. The van der Waals surface area contributed by atoms with Gasteiger partial charge in [-0.2, -0.15) is 5.10 Å². The van der Waals surface area contributed by atoms with Crippen LogP contribution in [-0.2, 0) is 0 Å². The molecule has 4 saturated carbocycles. The van der Waals surface area contributed by atoms with Crippen LogP contribution in [0.3, 0.4) is 0 Å². The van der Waals surface area contributed by atoms with Gasteiger partial charge in [-0.25, -0.2) is 0 Å². The minimum atomic E-state index is 0.690. The summed E-state index contributed by atoms with van der Waals surface area (Å²) in [6.45, 7) is 0. The van der Waals surface area contributed by atoms with E-state index in [4.69, 9.17) is 5.73 Å². The molecule has 0 aromatic carbocycles. The third-order valence-electron chi connectivity index (χ3n) is 5.26. The molecule has 4 aliphatic rings. The molecule has 16 heavy (non-hydrogen) atoms. The van der Waals surface area contributed by atoms with Gasteiger partial charge >= 0.3 is 0 Å². The summed E-state index contributed by atoms with van der Waals surface area (Å²) in [4.78, 5) is 0. The van der Waals surface area contributed by atoms with Crippen molar-refractivity contribution in [2.24, 2.45) is 23.7 Å². The summed E-state index contributed by atoms with van der Waals surface area (Å²) in [6.07, 6.45) is 9.05.